The highest BCUT2D eigenvalue weighted by Gasteiger charge is 2.32. The zero-order chi connectivity index (χ0) is 10.8. The van der Waals surface area contributed by atoms with Gasteiger partial charge in [0.1, 0.15) is 0 Å². The highest BCUT2D eigenvalue weighted by molar-refractivity contribution is 5.42. The zero-order valence-electron chi connectivity index (χ0n) is 9.65. The maximum absolute atomic E-state index is 3.55. The van der Waals surface area contributed by atoms with E-state index < -0.39 is 0 Å². The average Bonchev–Trinajstić information content (AvgIpc) is 2.64. The van der Waals surface area contributed by atoms with Crippen molar-refractivity contribution in [3.8, 4) is 0 Å². The van der Waals surface area contributed by atoms with Crippen LogP contribution < -0.4 is 5.32 Å². The third kappa shape index (κ3) is 1.80. The molecule has 16 heavy (non-hydrogen) atoms. The van der Waals surface area contributed by atoms with Gasteiger partial charge >= 0.3 is 0 Å². The number of hydrogen-bond donors (Lipinski definition) is 1. The Hall–Kier alpha value is -1.08. The Morgan fingerprint density at radius 2 is 1.88 bits per heavy atom. The van der Waals surface area contributed by atoms with Crippen LogP contribution in [-0.4, -0.2) is 13.1 Å². The molecule has 84 valence electrons. The predicted molar refractivity (Wildman–Crippen MR) is 68.1 cm³/mol. The number of fused-ring (bicyclic) bond motifs is 3. The van der Waals surface area contributed by atoms with Gasteiger partial charge < -0.3 is 5.32 Å². The summed E-state index contributed by atoms with van der Waals surface area (Å²) in [6.45, 7) is 2.39. The van der Waals surface area contributed by atoms with Gasteiger partial charge in [-0.1, -0.05) is 36.5 Å². The second kappa shape index (κ2) is 4.42. The molecule has 0 spiro atoms. The first kappa shape index (κ1) is 10.1. The monoisotopic (exact) mass is 213 g/mol. The fourth-order valence-corrected chi connectivity index (χ4v) is 3.21. The molecule has 3 rings (SSSR count). The van der Waals surface area contributed by atoms with Gasteiger partial charge in [-0.2, -0.15) is 0 Å². The summed E-state index contributed by atoms with van der Waals surface area (Å²) in [5.74, 6) is 1.62. The van der Waals surface area contributed by atoms with Gasteiger partial charge in [-0.15, -0.1) is 0 Å². The molecule has 1 aliphatic heterocycles. The summed E-state index contributed by atoms with van der Waals surface area (Å²) in [7, 11) is 0. The largest absolute Gasteiger partial charge is 0.316 e. The second-order valence-corrected chi connectivity index (χ2v) is 5.00. The fourth-order valence-electron chi connectivity index (χ4n) is 3.21. The average molecular weight is 213 g/mol. The molecule has 0 bridgehead atoms. The van der Waals surface area contributed by atoms with Crippen LogP contribution in [0.5, 0.6) is 0 Å². The lowest BCUT2D eigenvalue weighted by molar-refractivity contribution is 0.451. The van der Waals surface area contributed by atoms with Crippen LogP contribution in [0.15, 0.2) is 47.6 Å². The number of hydrogen-bond acceptors (Lipinski definition) is 1. The van der Waals surface area contributed by atoms with Crippen LogP contribution in [0, 0.1) is 11.8 Å². The van der Waals surface area contributed by atoms with Crippen LogP contribution >= 0.6 is 0 Å². The highest BCUT2D eigenvalue weighted by Crippen LogP contribution is 2.38. The molecule has 1 saturated heterocycles. The molecule has 3 aliphatic rings. The summed E-state index contributed by atoms with van der Waals surface area (Å²) >= 11 is 0. The minimum atomic E-state index is 0.755. The SMILES string of the molecule is C1=C\C=C2\CCCC3CNCC3\C2=C\C=C/1. The van der Waals surface area contributed by atoms with Crippen LogP contribution in [0.25, 0.3) is 0 Å². The van der Waals surface area contributed by atoms with Gasteiger partial charge in [0.25, 0.3) is 0 Å². The van der Waals surface area contributed by atoms with E-state index in [1.165, 1.54) is 32.4 Å². The van der Waals surface area contributed by atoms with Gasteiger partial charge in [0.05, 0.1) is 0 Å². The standard InChI is InChI=1S/C15H19N/c1-2-4-9-14-12(6-3-1)7-5-8-13-10-16-11-15(13)14/h1-4,6,9,13,15-16H,5,7-8,10-11H2/b2-1?,3-1-,4-2-,6-3?,9-4?,12-6-,14-9+. The summed E-state index contributed by atoms with van der Waals surface area (Å²) in [4.78, 5) is 0. The van der Waals surface area contributed by atoms with E-state index in [1.807, 2.05) is 0 Å². The van der Waals surface area contributed by atoms with E-state index in [0.717, 1.165) is 11.8 Å². The van der Waals surface area contributed by atoms with Crippen LogP contribution in [0.3, 0.4) is 0 Å². The Bertz CT molecular complexity index is 384. The molecule has 0 aromatic rings. The van der Waals surface area contributed by atoms with Gasteiger partial charge in [-0.3, -0.25) is 0 Å². The molecule has 1 heteroatoms. The molecule has 1 heterocycles. The van der Waals surface area contributed by atoms with Crippen molar-refractivity contribution in [1.29, 1.82) is 0 Å². The lowest BCUT2D eigenvalue weighted by Crippen LogP contribution is -2.14. The summed E-state index contributed by atoms with van der Waals surface area (Å²) in [5, 5.41) is 3.55. The third-order valence-corrected chi connectivity index (χ3v) is 4.04. The fraction of sp³-hybridized carbons (Fsp3) is 0.467. The van der Waals surface area contributed by atoms with E-state index in [9.17, 15) is 0 Å². The first-order valence-electron chi connectivity index (χ1n) is 6.40. The maximum Gasteiger partial charge on any atom is 0.00235 e. The number of rotatable bonds is 0. The molecule has 1 saturated carbocycles. The van der Waals surface area contributed by atoms with E-state index in [4.69, 9.17) is 0 Å². The van der Waals surface area contributed by atoms with Crippen molar-refractivity contribution in [2.75, 3.05) is 13.1 Å². The van der Waals surface area contributed by atoms with Crippen LogP contribution in [0.1, 0.15) is 19.3 Å². The van der Waals surface area contributed by atoms with E-state index in [2.05, 4.69) is 41.8 Å². The highest BCUT2D eigenvalue weighted by atomic mass is 14.9. The predicted octanol–water partition coefficient (Wildman–Crippen LogP) is 2.98. The molecular formula is C15H19N. The molecule has 0 aromatic carbocycles. The van der Waals surface area contributed by atoms with E-state index >= 15 is 0 Å². The van der Waals surface area contributed by atoms with Crippen LogP contribution in [0.4, 0.5) is 0 Å². The van der Waals surface area contributed by atoms with E-state index in [1.54, 1.807) is 11.1 Å². The summed E-state index contributed by atoms with van der Waals surface area (Å²) in [6.07, 6.45) is 17.3. The van der Waals surface area contributed by atoms with Crippen molar-refractivity contribution in [3.05, 3.63) is 47.6 Å². The lowest BCUT2D eigenvalue weighted by atomic mass is 9.85. The molecule has 0 radical (unpaired) electrons. The van der Waals surface area contributed by atoms with Crippen molar-refractivity contribution in [2.45, 2.75) is 19.3 Å². The summed E-state index contributed by atoms with van der Waals surface area (Å²) in [6, 6.07) is 0. The Balaban J connectivity index is 1.99. The quantitative estimate of drug-likeness (QED) is 0.652. The molecule has 2 unspecified atom stereocenters. The number of nitrogens with one attached hydrogen (secondary N) is 1. The molecule has 2 fully saturated rings. The Labute approximate surface area is 97.6 Å². The maximum atomic E-state index is 3.55. The minimum absolute atomic E-state index is 0.755. The first-order chi connectivity index (χ1) is 7.95. The van der Waals surface area contributed by atoms with Crippen molar-refractivity contribution < 1.29 is 0 Å². The third-order valence-electron chi connectivity index (χ3n) is 4.04. The molecule has 2 atom stereocenters. The first-order valence-corrected chi connectivity index (χ1v) is 6.40. The normalized spacial score (nSPS) is 43.5. The molecule has 0 amide bonds. The smallest absolute Gasteiger partial charge is 0.00235 e. The summed E-state index contributed by atoms with van der Waals surface area (Å²) in [5.41, 5.74) is 3.16. The molecule has 0 aromatic heterocycles. The van der Waals surface area contributed by atoms with Crippen molar-refractivity contribution in [2.24, 2.45) is 11.8 Å². The van der Waals surface area contributed by atoms with Crippen LogP contribution in [0.2, 0.25) is 0 Å². The summed E-state index contributed by atoms with van der Waals surface area (Å²) < 4.78 is 0. The molecule has 1 nitrogen and oxygen atoms in total. The van der Waals surface area contributed by atoms with Crippen molar-refractivity contribution in [3.63, 3.8) is 0 Å². The second-order valence-electron chi connectivity index (χ2n) is 5.00. The van der Waals surface area contributed by atoms with Crippen molar-refractivity contribution in [1.82, 2.24) is 5.32 Å². The molecular weight excluding hydrogens is 194 g/mol. The van der Waals surface area contributed by atoms with Gasteiger partial charge in [0.15, 0.2) is 0 Å². The Morgan fingerprint density at radius 1 is 1.00 bits per heavy atom. The van der Waals surface area contributed by atoms with Gasteiger partial charge in [0.2, 0.25) is 0 Å². The van der Waals surface area contributed by atoms with Crippen molar-refractivity contribution >= 4 is 0 Å². The van der Waals surface area contributed by atoms with Crippen LogP contribution in [-0.2, 0) is 0 Å². The molecule has 1 N–H and O–H groups in total. The minimum Gasteiger partial charge on any atom is -0.316 e. The van der Waals surface area contributed by atoms with Gasteiger partial charge in [-0.05, 0) is 42.9 Å². The molecule has 2 aliphatic carbocycles. The Morgan fingerprint density at radius 3 is 2.81 bits per heavy atom. The zero-order valence-corrected chi connectivity index (χ0v) is 9.65. The van der Waals surface area contributed by atoms with E-state index in [-0.39, 0.29) is 0 Å². The Kier molecular flexibility index (Phi) is 2.79. The topological polar surface area (TPSA) is 12.0 Å². The number of allylic oxidation sites excluding steroid dienone is 7. The van der Waals surface area contributed by atoms with E-state index in [0.29, 0.717) is 0 Å². The van der Waals surface area contributed by atoms with Gasteiger partial charge in [-0.25, -0.2) is 0 Å². The lowest BCUT2D eigenvalue weighted by Gasteiger charge is -2.19. The van der Waals surface area contributed by atoms with Gasteiger partial charge in [0, 0.05) is 12.5 Å².